The Labute approximate surface area is 174 Å². The van der Waals surface area contributed by atoms with Crippen LogP contribution in [0.3, 0.4) is 0 Å². The molecule has 1 aliphatic rings. The van der Waals surface area contributed by atoms with Gasteiger partial charge in [-0.1, -0.05) is 17.8 Å². The minimum Gasteiger partial charge on any atom is -0.371 e. The monoisotopic (exact) mass is 421 g/mol. The fourth-order valence-electron chi connectivity index (χ4n) is 3.16. The van der Waals surface area contributed by atoms with Crippen LogP contribution in [0.5, 0.6) is 0 Å². The third-order valence-corrected chi connectivity index (χ3v) is 6.61. The van der Waals surface area contributed by atoms with Crippen molar-refractivity contribution < 1.29 is 4.39 Å². The molecule has 8 heteroatoms. The van der Waals surface area contributed by atoms with Gasteiger partial charge >= 0.3 is 0 Å². The predicted octanol–water partition coefficient (Wildman–Crippen LogP) is 3.99. The molecule has 0 unspecified atom stereocenters. The summed E-state index contributed by atoms with van der Waals surface area (Å²) in [7, 11) is 0. The first-order valence-electron chi connectivity index (χ1n) is 9.82. The highest BCUT2D eigenvalue weighted by molar-refractivity contribution is 8.00. The number of aliphatic imine (C=N–C) groups is 1. The van der Waals surface area contributed by atoms with Gasteiger partial charge in [0.25, 0.3) is 0 Å². The molecule has 1 aromatic carbocycles. The van der Waals surface area contributed by atoms with Crippen LogP contribution in [0.2, 0.25) is 0 Å². The summed E-state index contributed by atoms with van der Waals surface area (Å²) in [5, 5.41) is 8.92. The molecule has 2 heterocycles. The highest BCUT2D eigenvalue weighted by atomic mass is 32.2. The molecule has 28 heavy (non-hydrogen) atoms. The first kappa shape index (κ1) is 20.9. The molecule has 0 radical (unpaired) electrons. The predicted molar refractivity (Wildman–Crippen MR) is 118 cm³/mol. The number of nitrogens with zero attached hydrogens (tertiary/aromatic N) is 3. The van der Waals surface area contributed by atoms with Crippen LogP contribution in [-0.2, 0) is 0 Å². The lowest BCUT2D eigenvalue weighted by Crippen LogP contribution is -2.48. The van der Waals surface area contributed by atoms with Crippen LogP contribution >= 0.6 is 23.1 Å². The van der Waals surface area contributed by atoms with Crippen molar-refractivity contribution in [1.29, 1.82) is 0 Å². The molecule has 0 amide bonds. The van der Waals surface area contributed by atoms with Crippen molar-refractivity contribution in [1.82, 2.24) is 15.6 Å². The zero-order valence-corrected chi connectivity index (χ0v) is 17.9. The SMILES string of the molecule is CCNC(=NCCCSc1nccs1)NC1CCN(c2cccc(F)c2)CC1. The first-order valence-corrected chi connectivity index (χ1v) is 11.7. The third kappa shape index (κ3) is 6.67. The summed E-state index contributed by atoms with van der Waals surface area (Å²) in [5.41, 5.74) is 0.969. The summed E-state index contributed by atoms with van der Waals surface area (Å²) in [4.78, 5) is 11.3. The summed E-state index contributed by atoms with van der Waals surface area (Å²) in [6.07, 6.45) is 4.90. The van der Waals surface area contributed by atoms with Crippen molar-refractivity contribution in [2.45, 2.75) is 36.6 Å². The van der Waals surface area contributed by atoms with Crippen LogP contribution in [0.25, 0.3) is 0 Å². The molecule has 1 aliphatic heterocycles. The van der Waals surface area contributed by atoms with Crippen LogP contribution in [0.1, 0.15) is 26.2 Å². The van der Waals surface area contributed by atoms with E-state index in [2.05, 4.69) is 27.4 Å². The standard InChI is InChI=1S/C20H28FN5S2/c1-2-22-19(23-9-4-13-27-20-24-10-14-28-20)25-17-7-11-26(12-8-17)18-6-3-5-16(21)15-18/h3,5-6,10,14-15,17H,2,4,7-9,11-13H2,1H3,(H2,22,23,25). The van der Waals surface area contributed by atoms with Crippen LogP contribution in [0.4, 0.5) is 10.1 Å². The number of hydrogen-bond acceptors (Lipinski definition) is 5. The molecule has 0 aliphatic carbocycles. The molecular formula is C20H28FN5S2. The molecule has 0 bridgehead atoms. The number of benzene rings is 1. The number of aromatic nitrogens is 1. The molecular weight excluding hydrogens is 393 g/mol. The summed E-state index contributed by atoms with van der Waals surface area (Å²) in [5.74, 6) is 1.75. The summed E-state index contributed by atoms with van der Waals surface area (Å²) in [6.45, 7) is 5.58. The second-order valence-electron chi connectivity index (χ2n) is 6.65. The lowest BCUT2D eigenvalue weighted by Gasteiger charge is -2.34. The van der Waals surface area contributed by atoms with E-state index in [1.54, 1.807) is 35.2 Å². The van der Waals surface area contributed by atoms with Gasteiger partial charge in [0.2, 0.25) is 0 Å². The topological polar surface area (TPSA) is 52.6 Å². The van der Waals surface area contributed by atoms with Crippen molar-refractivity contribution in [3.8, 4) is 0 Å². The number of piperidine rings is 1. The zero-order chi connectivity index (χ0) is 19.6. The third-order valence-electron chi connectivity index (χ3n) is 4.56. The molecule has 3 rings (SSSR count). The quantitative estimate of drug-likeness (QED) is 0.292. The van der Waals surface area contributed by atoms with Crippen molar-refractivity contribution >= 4 is 34.7 Å². The molecule has 0 spiro atoms. The number of hydrogen-bond donors (Lipinski definition) is 2. The molecule has 0 atom stereocenters. The molecule has 5 nitrogen and oxygen atoms in total. The molecule has 1 fully saturated rings. The summed E-state index contributed by atoms with van der Waals surface area (Å²) < 4.78 is 14.6. The van der Waals surface area contributed by atoms with E-state index in [1.807, 2.05) is 17.6 Å². The molecule has 1 saturated heterocycles. The number of thioether (sulfide) groups is 1. The molecule has 0 saturated carbocycles. The van der Waals surface area contributed by atoms with E-state index in [9.17, 15) is 4.39 Å². The van der Waals surface area contributed by atoms with Gasteiger partial charge in [0, 0.05) is 55.2 Å². The minimum absolute atomic E-state index is 0.174. The average Bonchev–Trinajstić information content (AvgIpc) is 3.22. The van der Waals surface area contributed by atoms with Crippen LogP contribution in [0.15, 0.2) is 45.2 Å². The largest absolute Gasteiger partial charge is 0.371 e. The summed E-state index contributed by atoms with van der Waals surface area (Å²) >= 11 is 3.48. The number of nitrogens with one attached hydrogen (secondary N) is 2. The zero-order valence-electron chi connectivity index (χ0n) is 16.2. The van der Waals surface area contributed by atoms with Crippen molar-refractivity contribution in [2.75, 3.05) is 36.8 Å². The molecule has 152 valence electrons. The van der Waals surface area contributed by atoms with Gasteiger partial charge in [-0.25, -0.2) is 9.37 Å². The maximum Gasteiger partial charge on any atom is 0.191 e. The van der Waals surface area contributed by atoms with Crippen LogP contribution in [-0.4, -0.2) is 48.9 Å². The second kappa shape index (κ2) is 11.3. The Hall–Kier alpha value is -1.80. The highest BCUT2D eigenvalue weighted by Crippen LogP contribution is 2.21. The van der Waals surface area contributed by atoms with Gasteiger partial charge < -0.3 is 15.5 Å². The first-order chi connectivity index (χ1) is 13.7. The van der Waals surface area contributed by atoms with E-state index in [0.717, 1.165) is 67.2 Å². The Balaban J connectivity index is 1.41. The van der Waals surface area contributed by atoms with Gasteiger partial charge in [-0.2, -0.15) is 0 Å². The van der Waals surface area contributed by atoms with Gasteiger partial charge in [-0.15, -0.1) is 11.3 Å². The van der Waals surface area contributed by atoms with E-state index >= 15 is 0 Å². The molecule has 1 aromatic heterocycles. The number of rotatable bonds is 8. The Morgan fingerprint density at radius 1 is 1.39 bits per heavy atom. The van der Waals surface area contributed by atoms with Crippen molar-refractivity contribution in [3.63, 3.8) is 0 Å². The number of guanidine groups is 1. The maximum absolute atomic E-state index is 13.4. The van der Waals surface area contributed by atoms with Crippen molar-refractivity contribution in [3.05, 3.63) is 41.7 Å². The highest BCUT2D eigenvalue weighted by Gasteiger charge is 2.20. The van der Waals surface area contributed by atoms with E-state index in [4.69, 9.17) is 4.99 Å². The summed E-state index contributed by atoms with van der Waals surface area (Å²) in [6, 6.07) is 7.26. The van der Waals surface area contributed by atoms with Crippen molar-refractivity contribution in [2.24, 2.45) is 4.99 Å². The van der Waals surface area contributed by atoms with Gasteiger partial charge in [0.1, 0.15) is 10.2 Å². The van der Waals surface area contributed by atoms with E-state index < -0.39 is 0 Å². The second-order valence-corrected chi connectivity index (χ2v) is 8.88. The lowest BCUT2D eigenvalue weighted by molar-refractivity contribution is 0.461. The number of thiazole rings is 1. The average molecular weight is 422 g/mol. The Kier molecular flexibility index (Phi) is 8.42. The van der Waals surface area contributed by atoms with Crippen LogP contribution < -0.4 is 15.5 Å². The minimum atomic E-state index is -0.174. The fourth-order valence-corrected chi connectivity index (χ4v) is 4.80. The van der Waals surface area contributed by atoms with Gasteiger partial charge in [0.15, 0.2) is 5.96 Å². The van der Waals surface area contributed by atoms with Crippen LogP contribution in [0, 0.1) is 5.82 Å². The Bertz CT molecular complexity index is 730. The normalized spacial score (nSPS) is 15.6. The maximum atomic E-state index is 13.4. The molecule has 2 N–H and O–H groups in total. The molecule has 2 aromatic rings. The van der Waals surface area contributed by atoms with E-state index in [1.165, 1.54) is 6.07 Å². The van der Waals surface area contributed by atoms with E-state index in [-0.39, 0.29) is 5.82 Å². The van der Waals surface area contributed by atoms with Gasteiger partial charge in [-0.3, -0.25) is 4.99 Å². The lowest BCUT2D eigenvalue weighted by atomic mass is 10.0. The van der Waals surface area contributed by atoms with E-state index in [0.29, 0.717) is 6.04 Å². The van der Waals surface area contributed by atoms with Gasteiger partial charge in [-0.05, 0) is 44.4 Å². The fraction of sp³-hybridized carbons (Fsp3) is 0.500. The van der Waals surface area contributed by atoms with Gasteiger partial charge in [0.05, 0.1) is 0 Å². The smallest absolute Gasteiger partial charge is 0.191 e. The number of anilines is 1. The number of halogens is 1. The Morgan fingerprint density at radius 3 is 2.96 bits per heavy atom. The Morgan fingerprint density at radius 2 is 2.25 bits per heavy atom.